The van der Waals surface area contributed by atoms with Crippen molar-refractivity contribution >= 4 is 33.6 Å². The second-order valence-corrected chi connectivity index (χ2v) is 8.59. The summed E-state index contributed by atoms with van der Waals surface area (Å²) in [6, 6.07) is 5.80. The topological polar surface area (TPSA) is 114 Å². The molecule has 2 heterocycles. The third-order valence-corrected chi connectivity index (χ3v) is 6.26. The Hall–Kier alpha value is -2.39. The van der Waals surface area contributed by atoms with E-state index in [1.165, 1.54) is 23.0 Å². The molecule has 1 aliphatic heterocycles. The van der Waals surface area contributed by atoms with Crippen molar-refractivity contribution in [2.45, 2.75) is 19.4 Å². The van der Waals surface area contributed by atoms with Gasteiger partial charge in [-0.15, -0.1) is 0 Å². The molecular formula is C16H17ClN4O4S. The average Bonchev–Trinajstić information content (AvgIpc) is 3.08. The number of nitrogens with zero attached hydrogens (tertiary/aromatic N) is 3. The van der Waals surface area contributed by atoms with Crippen LogP contribution in [0.15, 0.2) is 29.4 Å². The van der Waals surface area contributed by atoms with Gasteiger partial charge in [0.1, 0.15) is 10.9 Å². The minimum Gasteiger partial charge on any atom is -0.507 e. The van der Waals surface area contributed by atoms with Gasteiger partial charge in [0.15, 0.2) is 9.84 Å². The molecule has 0 radical (unpaired) electrons. The monoisotopic (exact) mass is 396 g/mol. The fourth-order valence-corrected chi connectivity index (χ4v) is 4.82. The van der Waals surface area contributed by atoms with Gasteiger partial charge in [0, 0.05) is 0 Å². The Morgan fingerprint density at radius 1 is 1.46 bits per heavy atom. The lowest BCUT2D eigenvalue weighted by Crippen LogP contribution is -2.17. The van der Waals surface area contributed by atoms with Crippen molar-refractivity contribution in [1.29, 1.82) is 0 Å². The van der Waals surface area contributed by atoms with Crippen LogP contribution in [-0.4, -0.2) is 46.9 Å². The summed E-state index contributed by atoms with van der Waals surface area (Å²) in [5.74, 6) is -0.589. The third kappa shape index (κ3) is 3.73. The summed E-state index contributed by atoms with van der Waals surface area (Å²) in [4.78, 5) is 12.0. The molecular weight excluding hydrogens is 380 g/mol. The van der Waals surface area contributed by atoms with Crippen LogP contribution in [0, 0.1) is 6.92 Å². The maximum absolute atomic E-state index is 12.0. The molecule has 138 valence electrons. The predicted octanol–water partition coefficient (Wildman–Crippen LogP) is 1.67. The number of nitrogens with one attached hydrogen (secondary N) is 1. The van der Waals surface area contributed by atoms with Crippen molar-refractivity contribution in [2.75, 3.05) is 11.5 Å². The first-order valence-corrected chi connectivity index (χ1v) is 10.0. The van der Waals surface area contributed by atoms with E-state index in [0.717, 1.165) is 0 Å². The number of rotatable bonds is 4. The molecule has 2 N–H and O–H groups in total. The van der Waals surface area contributed by atoms with E-state index in [0.29, 0.717) is 17.7 Å². The van der Waals surface area contributed by atoms with Crippen LogP contribution in [0.5, 0.6) is 5.75 Å². The predicted molar refractivity (Wildman–Crippen MR) is 97.4 cm³/mol. The number of aryl methyl sites for hydroxylation is 1. The number of aromatic hydroxyl groups is 1. The zero-order chi connectivity index (χ0) is 18.9. The van der Waals surface area contributed by atoms with E-state index in [2.05, 4.69) is 15.6 Å². The standard InChI is InChI=1S/C16H17ClN4O4S/c1-10-13(8-18-19-16(23)12-4-2-3-5-14(12)22)15(17)21(20-10)11-6-7-26(24,25)9-11/h2-5,8,11,22H,6-7,9H2,1H3,(H,19,23)/b18-8-/t11-/m0/s1. The van der Waals surface area contributed by atoms with E-state index in [1.54, 1.807) is 19.1 Å². The number of benzene rings is 1. The van der Waals surface area contributed by atoms with Crippen LogP contribution >= 0.6 is 11.6 Å². The molecule has 1 saturated heterocycles. The molecule has 0 aliphatic carbocycles. The summed E-state index contributed by atoms with van der Waals surface area (Å²) in [6.45, 7) is 1.72. The number of hydrogen-bond donors (Lipinski definition) is 2. The summed E-state index contributed by atoms with van der Waals surface area (Å²) >= 11 is 6.32. The molecule has 0 saturated carbocycles. The Balaban J connectivity index is 1.75. The number of carbonyl (C=O) groups is 1. The fourth-order valence-electron chi connectivity index (χ4n) is 2.77. The number of halogens is 1. The molecule has 0 bridgehead atoms. The highest BCUT2D eigenvalue weighted by atomic mass is 35.5. The van der Waals surface area contributed by atoms with Gasteiger partial charge in [-0.2, -0.15) is 10.2 Å². The van der Waals surface area contributed by atoms with Gasteiger partial charge in [0.05, 0.1) is 40.6 Å². The summed E-state index contributed by atoms with van der Waals surface area (Å²) in [5.41, 5.74) is 3.47. The summed E-state index contributed by atoms with van der Waals surface area (Å²) in [5, 5.41) is 18.1. The zero-order valence-corrected chi connectivity index (χ0v) is 15.5. The molecule has 1 aliphatic rings. The maximum atomic E-state index is 12.0. The third-order valence-electron chi connectivity index (χ3n) is 4.13. The number of para-hydroxylation sites is 1. The molecule has 3 rings (SSSR count). The number of sulfone groups is 1. The Labute approximate surface area is 155 Å². The van der Waals surface area contributed by atoms with Gasteiger partial charge < -0.3 is 5.11 Å². The number of phenolic OH excluding ortho intramolecular Hbond substituents is 1. The first kappa shape index (κ1) is 18.4. The molecule has 10 heteroatoms. The highest BCUT2D eigenvalue weighted by Gasteiger charge is 2.31. The molecule has 1 fully saturated rings. The van der Waals surface area contributed by atoms with Crippen molar-refractivity contribution in [1.82, 2.24) is 15.2 Å². The fraction of sp³-hybridized carbons (Fsp3) is 0.312. The number of aromatic nitrogens is 2. The molecule has 1 aromatic heterocycles. The molecule has 26 heavy (non-hydrogen) atoms. The van der Waals surface area contributed by atoms with Gasteiger partial charge in [-0.3, -0.25) is 4.79 Å². The van der Waals surface area contributed by atoms with E-state index >= 15 is 0 Å². The van der Waals surface area contributed by atoms with Gasteiger partial charge in [0.25, 0.3) is 5.91 Å². The lowest BCUT2D eigenvalue weighted by molar-refractivity contribution is 0.0952. The Morgan fingerprint density at radius 2 is 2.19 bits per heavy atom. The van der Waals surface area contributed by atoms with Crippen molar-refractivity contribution in [3.63, 3.8) is 0 Å². The van der Waals surface area contributed by atoms with E-state index in [9.17, 15) is 18.3 Å². The van der Waals surface area contributed by atoms with Crippen LogP contribution in [0.25, 0.3) is 0 Å². The summed E-state index contributed by atoms with van der Waals surface area (Å²) < 4.78 is 24.8. The van der Waals surface area contributed by atoms with Gasteiger partial charge in [0.2, 0.25) is 0 Å². The highest BCUT2D eigenvalue weighted by Crippen LogP contribution is 2.29. The number of hydrogen-bond acceptors (Lipinski definition) is 6. The maximum Gasteiger partial charge on any atom is 0.275 e. The van der Waals surface area contributed by atoms with Crippen LogP contribution in [0.2, 0.25) is 5.15 Å². The van der Waals surface area contributed by atoms with Gasteiger partial charge >= 0.3 is 0 Å². The van der Waals surface area contributed by atoms with E-state index < -0.39 is 15.7 Å². The minimum atomic E-state index is -3.06. The summed E-state index contributed by atoms with van der Waals surface area (Å²) in [6.07, 6.45) is 1.81. The lowest BCUT2D eigenvalue weighted by atomic mass is 10.2. The zero-order valence-electron chi connectivity index (χ0n) is 13.9. The summed E-state index contributed by atoms with van der Waals surface area (Å²) in [7, 11) is -3.06. The second kappa shape index (κ2) is 7.08. The number of amides is 1. The van der Waals surface area contributed by atoms with Gasteiger partial charge in [-0.25, -0.2) is 18.5 Å². The molecule has 1 atom stereocenters. The number of carbonyl (C=O) groups excluding carboxylic acids is 1. The van der Waals surface area contributed by atoms with Gasteiger partial charge in [-0.05, 0) is 25.5 Å². The van der Waals surface area contributed by atoms with Crippen LogP contribution in [0.4, 0.5) is 0 Å². The number of hydrazone groups is 1. The lowest BCUT2D eigenvalue weighted by Gasteiger charge is -2.09. The average molecular weight is 397 g/mol. The minimum absolute atomic E-state index is 0.00838. The number of phenols is 1. The molecule has 2 aromatic rings. The molecule has 1 aromatic carbocycles. The first-order chi connectivity index (χ1) is 12.3. The molecule has 1 amide bonds. The highest BCUT2D eigenvalue weighted by molar-refractivity contribution is 7.91. The van der Waals surface area contributed by atoms with Crippen LogP contribution in [0.1, 0.15) is 34.1 Å². The van der Waals surface area contributed by atoms with Crippen LogP contribution < -0.4 is 5.43 Å². The molecule has 8 nitrogen and oxygen atoms in total. The van der Waals surface area contributed by atoms with Crippen LogP contribution in [-0.2, 0) is 9.84 Å². The van der Waals surface area contributed by atoms with E-state index in [-0.39, 0.29) is 34.0 Å². The van der Waals surface area contributed by atoms with Crippen molar-refractivity contribution in [3.8, 4) is 5.75 Å². The van der Waals surface area contributed by atoms with Crippen LogP contribution in [0.3, 0.4) is 0 Å². The Kier molecular flexibility index (Phi) is 5.01. The van der Waals surface area contributed by atoms with E-state index in [4.69, 9.17) is 11.6 Å². The quantitative estimate of drug-likeness (QED) is 0.602. The van der Waals surface area contributed by atoms with E-state index in [1.807, 2.05) is 0 Å². The Morgan fingerprint density at radius 3 is 2.85 bits per heavy atom. The Bertz CT molecular complexity index is 984. The van der Waals surface area contributed by atoms with Crippen molar-refractivity contribution < 1.29 is 18.3 Å². The van der Waals surface area contributed by atoms with Crippen molar-refractivity contribution in [3.05, 3.63) is 46.2 Å². The molecule has 0 spiro atoms. The normalized spacial score (nSPS) is 19.1. The smallest absolute Gasteiger partial charge is 0.275 e. The van der Waals surface area contributed by atoms with Gasteiger partial charge in [-0.1, -0.05) is 23.7 Å². The molecule has 0 unspecified atom stereocenters. The first-order valence-electron chi connectivity index (χ1n) is 7.85. The second-order valence-electron chi connectivity index (χ2n) is 6.01. The SMILES string of the molecule is Cc1nn([C@H]2CCS(=O)(=O)C2)c(Cl)c1/C=N\NC(=O)c1ccccc1O. The van der Waals surface area contributed by atoms with Crippen molar-refractivity contribution in [2.24, 2.45) is 5.10 Å². The largest absolute Gasteiger partial charge is 0.507 e.